The molecule has 5 nitrogen and oxygen atoms in total. The molecule has 1 aromatic heterocycles. The van der Waals surface area contributed by atoms with Gasteiger partial charge in [0.05, 0.1) is 7.11 Å². The quantitative estimate of drug-likeness (QED) is 0.757. The molecule has 2 rings (SSSR count). The fourth-order valence-corrected chi connectivity index (χ4v) is 2.98. The molecule has 0 unspecified atom stereocenters. The highest BCUT2D eigenvalue weighted by atomic mass is 16.5. The number of hydrogen-bond acceptors (Lipinski definition) is 3. The lowest BCUT2D eigenvalue weighted by atomic mass is 10.2. The van der Waals surface area contributed by atoms with Crippen LogP contribution in [0.5, 0.6) is 0 Å². The van der Waals surface area contributed by atoms with E-state index in [1.165, 1.54) is 7.11 Å². The molecule has 0 bridgehead atoms. The predicted molar refractivity (Wildman–Crippen MR) is 80.0 cm³/mol. The second-order valence-electron chi connectivity index (χ2n) is 5.53. The first-order valence-corrected chi connectivity index (χ1v) is 7.70. The van der Waals surface area contributed by atoms with Crippen molar-refractivity contribution in [2.75, 3.05) is 13.7 Å². The second kappa shape index (κ2) is 7.29. The Balaban J connectivity index is 2.19. The summed E-state index contributed by atoms with van der Waals surface area (Å²) >= 11 is 0. The summed E-state index contributed by atoms with van der Waals surface area (Å²) < 4.78 is 6.71. The molecule has 0 aromatic carbocycles. The van der Waals surface area contributed by atoms with E-state index in [0.29, 0.717) is 5.69 Å². The molecule has 5 heteroatoms. The van der Waals surface area contributed by atoms with E-state index in [1.807, 2.05) is 22.9 Å². The van der Waals surface area contributed by atoms with E-state index in [-0.39, 0.29) is 24.5 Å². The highest BCUT2D eigenvalue weighted by molar-refractivity contribution is 5.95. The number of aryl methyl sites for hydroxylation is 1. The van der Waals surface area contributed by atoms with Crippen LogP contribution >= 0.6 is 0 Å². The maximum Gasteiger partial charge on any atom is 0.325 e. The number of esters is 1. The van der Waals surface area contributed by atoms with Crippen LogP contribution in [-0.2, 0) is 16.1 Å². The number of hydrogen-bond donors (Lipinski definition) is 0. The largest absolute Gasteiger partial charge is 0.468 e. The van der Waals surface area contributed by atoms with Gasteiger partial charge in [0.25, 0.3) is 5.91 Å². The van der Waals surface area contributed by atoms with Crippen molar-refractivity contribution in [1.29, 1.82) is 0 Å². The van der Waals surface area contributed by atoms with Gasteiger partial charge >= 0.3 is 5.97 Å². The average Bonchev–Trinajstić information content (AvgIpc) is 3.15. The molecule has 0 radical (unpaired) electrons. The third-order valence-corrected chi connectivity index (χ3v) is 4.07. The van der Waals surface area contributed by atoms with E-state index < -0.39 is 0 Å². The molecule has 1 heterocycles. The zero-order valence-corrected chi connectivity index (χ0v) is 12.9. The van der Waals surface area contributed by atoms with Crippen LogP contribution in [0.4, 0.5) is 0 Å². The monoisotopic (exact) mass is 292 g/mol. The molecule has 1 aliphatic rings. The molecule has 0 aliphatic heterocycles. The summed E-state index contributed by atoms with van der Waals surface area (Å²) in [5.41, 5.74) is 0.660. The molecular weight excluding hydrogens is 268 g/mol. The summed E-state index contributed by atoms with van der Waals surface area (Å²) in [5, 5.41) is 0. The van der Waals surface area contributed by atoms with Crippen molar-refractivity contribution in [1.82, 2.24) is 9.47 Å². The SMILES string of the molecule is CCCn1cccc1C(=O)N(CC(=O)OC)C1CCCC1. The lowest BCUT2D eigenvalue weighted by Gasteiger charge is -2.28. The maximum atomic E-state index is 12.8. The van der Waals surface area contributed by atoms with Crippen LogP contribution in [-0.4, -0.2) is 41.0 Å². The van der Waals surface area contributed by atoms with Crippen LogP contribution in [0.2, 0.25) is 0 Å². The van der Waals surface area contributed by atoms with Crippen LogP contribution in [0.3, 0.4) is 0 Å². The zero-order valence-electron chi connectivity index (χ0n) is 12.9. The molecule has 21 heavy (non-hydrogen) atoms. The first-order valence-electron chi connectivity index (χ1n) is 7.70. The van der Waals surface area contributed by atoms with Gasteiger partial charge in [-0.3, -0.25) is 9.59 Å². The van der Waals surface area contributed by atoms with Crippen LogP contribution in [0.25, 0.3) is 0 Å². The normalized spacial score (nSPS) is 15.1. The average molecular weight is 292 g/mol. The topological polar surface area (TPSA) is 51.5 Å². The van der Waals surface area contributed by atoms with Crippen molar-refractivity contribution in [3.63, 3.8) is 0 Å². The van der Waals surface area contributed by atoms with Gasteiger partial charge in [-0.1, -0.05) is 19.8 Å². The maximum absolute atomic E-state index is 12.8. The Morgan fingerprint density at radius 1 is 1.38 bits per heavy atom. The van der Waals surface area contributed by atoms with Gasteiger partial charge in [0.1, 0.15) is 12.2 Å². The summed E-state index contributed by atoms with van der Waals surface area (Å²) in [6, 6.07) is 3.87. The molecular formula is C16H24N2O3. The number of nitrogens with zero attached hydrogens (tertiary/aromatic N) is 2. The molecule has 1 saturated carbocycles. The Morgan fingerprint density at radius 2 is 2.10 bits per heavy atom. The van der Waals surface area contributed by atoms with Crippen LogP contribution in [0.1, 0.15) is 49.5 Å². The molecule has 0 N–H and O–H groups in total. The fourth-order valence-electron chi connectivity index (χ4n) is 2.98. The lowest BCUT2D eigenvalue weighted by molar-refractivity contribution is -0.141. The highest BCUT2D eigenvalue weighted by Gasteiger charge is 2.30. The summed E-state index contributed by atoms with van der Waals surface area (Å²) in [7, 11) is 1.36. The summed E-state index contributed by atoms with van der Waals surface area (Å²) in [6.07, 6.45) is 7.06. The number of carbonyl (C=O) groups is 2. The van der Waals surface area contributed by atoms with Gasteiger partial charge in [-0.2, -0.15) is 0 Å². The Hall–Kier alpha value is -1.78. The number of amides is 1. The highest BCUT2D eigenvalue weighted by Crippen LogP contribution is 2.25. The lowest BCUT2D eigenvalue weighted by Crippen LogP contribution is -2.43. The third kappa shape index (κ3) is 3.65. The third-order valence-electron chi connectivity index (χ3n) is 4.07. The van der Waals surface area contributed by atoms with Crippen molar-refractivity contribution in [2.24, 2.45) is 0 Å². The van der Waals surface area contributed by atoms with Gasteiger partial charge in [-0.05, 0) is 31.4 Å². The fraction of sp³-hybridized carbons (Fsp3) is 0.625. The molecule has 1 aromatic rings. The van der Waals surface area contributed by atoms with Crippen molar-refractivity contribution < 1.29 is 14.3 Å². The van der Waals surface area contributed by atoms with Gasteiger partial charge in [0, 0.05) is 18.8 Å². The van der Waals surface area contributed by atoms with Crippen molar-refractivity contribution in [3.05, 3.63) is 24.0 Å². The van der Waals surface area contributed by atoms with E-state index in [2.05, 4.69) is 6.92 Å². The van der Waals surface area contributed by atoms with E-state index >= 15 is 0 Å². The standard InChI is InChI=1S/C16H24N2O3/c1-3-10-17-11-6-9-14(17)16(20)18(12-15(19)21-2)13-7-4-5-8-13/h6,9,11,13H,3-5,7-8,10,12H2,1-2H3. The van der Waals surface area contributed by atoms with Gasteiger partial charge in [-0.15, -0.1) is 0 Å². The molecule has 116 valence electrons. The van der Waals surface area contributed by atoms with Gasteiger partial charge in [-0.25, -0.2) is 0 Å². The first kappa shape index (κ1) is 15.6. The summed E-state index contributed by atoms with van der Waals surface area (Å²) in [6.45, 7) is 2.93. The Bertz CT molecular complexity index is 489. The van der Waals surface area contributed by atoms with E-state index in [9.17, 15) is 9.59 Å². The minimum atomic E-state index is -0.358. The molecule has 0 saturated heterocycles. The van der Waals surface area contributed by atoms with Crippen LogP contribution in [0.15, 0.2) is 18.3 Å². The molecule has 1 aliphatic carbocycles. The Kier molecular flexibility index (Phi) is 5.42. The van der Waals surface area contributed by atoms with E-state index in [4.69, 9.17) is 4.74 Å². The van der Waals surface area contributed by atoms with E-state index in [1.54, 1.807) is 4.90 Å². The van der Waals surface area contributed by atoms with Gasteiger partial charge < -0.3 is 14.2 Å². The second-order valence-corrected chi connectivity index (χ2v) is 5.53. The molecule has 1 fully saturated rings. The smallest absolute Gasteiger partial charge is 0.325 e. The summed E-state index contributed by atoms with van der Waals surface area (Å²) in [4.78, 5) is 26.2. The number of aromatic nitrogens is 1. The zero-order chi connectivity index (χ0) is 15.2. The Labute approximate surface area is 125 Å². The van der Waals surface area contributed by atoms with Crippen LogP contribution in [0, 0.1) is 0 Å². The van der Waals surface area contributed by atoms with Crippen molar-refractivity contribution >= 4 is 11.9 Å². The van der Waals surface area contributed by atoms with Crippen LogP contribution < -0.4 is 0 Å². The number of carbonyl (C=O) groups excluding carboxylic acids is 2. The number of rotatable bonds is 6. The molecule has 0 atom stereocenters. The van der Waals surface area contributed by atoms with Gasteiger partial charge in [0.2, 0.25) is 0 Å². The predicted octanol–water partition coefficient (Wildman–Crippen LogP) is 2.46. The van der Waals surface area contributed by atoms with Crippen molar-refractivity contribution in [3.8, 4) is 0 Å². The molecule has 1 amide bonds. The van der Waals surface area contributed by atoms with E-state index in [0.717, 1.165) is 38.6 Å². The minimum absolute atomic E-state index is 0.0390. The first-order chi connectivity index (χ1) is 10.2. The summed E-state index contributed by atoms with van der Waals surface area (Å²) in [5.74, 6) is -0.422. The van der Waals surface area contributed by atoms with Gasteiger partial charge in [0.15, 0.2) is 0 Å². The number of ether oxygens (including phenoxy) is 1. The number of methoxy groups -OCH3 is 1. The Morgan fingerprint density at radius 3 is 2.71 bits per heavy atom. The minimum Gasteiger partial charge on any atom is -0.468 e. The molecule has 0 spiro atoms. The van der Waals surface area contributed by atoms with Crippen molar-refractivity contribution in [2.45, 2.75) is 51.6 Å².